The Kier molecular flexibility index (Phi) is 7.69. The lowest BCUT2D eigenvalue weighted by molar-refractivity contribution is -0.155. The van der Waals surface area contributed by atoms with Gasteiger partial charge in [0.2, 0.25) is 0 Å². The van der Waals surface area contributed by atoms with Gasteiger partial charge >= 0.3 is 5.97 Å². The third-order valence-electron chi connectivity index (χ3n) is 5.93. The van der Waals surface area contributed by atoms with Crippen molar-refractivity contribution in [2.75, 3.05) is 18.1 Å². The number of benzene rings is 1. The molecule has 2 atom stereocenters. The zero-order valence-corrected chi connectivity index (χ0v) is 18.6. The average Bonchev–Trinajstić information content (AvgIpc) is 3.12. The second-order valence-corrected chi connectivity index (χ2v) is 10.5. The molecule has 3 rings (SSSR count). The van der Waals surface area contributed by atoms with Crippen LogP contribution in [-0.4, -0.2) is 67.3 Å². The first kappa shape index (κ1) is 23.2. The number of sulfone groups is 1. The molecule has 1 N–H and O–H groups in total. The molecule has 31 heavy (non-hydrogen) atoms. The van der Waals surface area contributed by atoms with Gasteiger partial charge < -0.3 is 15.0 Å². The second kappa shape index (κ2) is 10.3. The number of amides is 2. The van der Waals surface area contributed by atoms with E-state index >= 15 is 0 Å². The average molecular weight is 451 g/mol. The third kappa shape index (κ3) is 6.29. The van der Waals surface area contributed by atoms with Crippen molar-refractivity contribution in [2.24, 2.45) is 0 Å². The summed E-state index contributed by atoms with van der Waals surface area (Å²) >= 11 is 0. The van der Waals surface area contributed by atoms with Crippen molar-refractivity contribution in [2.45, 2.75) is 63.6 Å². The quantitative estimate of drug-likeness (QED) is 0.633. The molecule has 1 heterocycles. The van der Waals surface area contributed by atoms with Crippen LogP contribution in [0.25, 0.3) is 0 Å². The fraction of sp³-hybridized carbons (Fsp3) is 0.591. The molecule has 8 nitrogen and oxygen atoms in total. The van der Waals surface area contributed by atoms with Gasteiger partial charge in [0.15, 0.2) is 16.4 Å². The van der Waals surface area contributed by atoms with E-state index in [4.69, 9.17) is 4.74 Å². The fourth-order valence-corrected chi connectivity index (χ4v) is 6.03. The molecule has 1 saturated heterocycles. The number of carbonyl (C=O) groups is 3. The van der Waals surface area contributed by atoms with E-state index in [9.17, 15) is 22.8 Å². The molecule has 1 aliphatic heterocycles. The topological polar surface area (TPSA) is 110 Å². The molecular formula is C22H30N2O6S. The molecule has 2 amide bonds. The molecule has 2 aliphatic rings. The van der Waals surface area contributed by atoms with E-state index in [0.29, 0.717) is 12.0 Å². The summed E-state index contributed by atoms with van der Waals surface area (Å²) in [6.07, 6.45) is 5.18. The number of hydrogen-bond acceptors (Lipinski definition) is 6. The highest BCUT2D eigenvalue weighted by molar-refractivity contribution is 7.91. The van der Waals surface area contributed by atoms with Crippen LogP contribution >= 0.6 is 0 Å². The standard InChI is InChI=1S/C22H30N2O6S/c1-16(23-21(26)17-8-4-2-5-9-17)22(27)30-14-20(25)24(18-10-6-3-7-11-18)19-12-13-31(28,29)15-19/h2,4-5,8-9,16,18-19H,3,6-7,10-15H2,1H3,(H,23,26)/t16-,19?/m0/s1. The second-order valence-electron chi connectivity index (χ2n) is 8.32. The maximum atomic E-state index is 13.0. The van der Waals surface area contributed by atoms with Gasteiger partial charge in [-0.1, -0.05) is 37.5 Å². The van der Waals surface area contributed by atoms with Crippen LogP contribution in [0.5, 0.6) is 0 Å². The minimum absolute atomic E-state index is 0.0199. The molecule has 1 aromatic carbocycles. The highest BCUT2D eigenvalue weighted by Gasteiger charge is 2.38. The summed E-state index contributed by atoms with van der Waals surface area (Å²) in [6.45, 7) is 1.04. The maximum Gasteiger partial charge on any atom is 0.328 e. The smallest absolute Gasteiger partial charge is 0.328 e. The van der Waals surface area contributed by atoms with Crippen molar-refractivity contribution in [1.29, 1.82) is 0 Å². The summed E-state index contributed by atoms with van der Waals surface area (Å²) in [5, 5.41) is 2.56. The molecule has 0 bridgehead atoms. The van der Waals surface area contributed by atoms with Crippen molar-refractivity contribution in [3.05, 3.63) is 35.9 Å². The minimum atomic E-state index is -3.15. The van der Waals surface area contributed by atoms with Gasteiger partial charge in [0.25, 0.3) is 11.8 Å². The van der Waals surface area contributed by atoms with Gasteiger partial charge in [0, 0.05) is 17.6 Å². The van der Waals surface area contributed by atoms with Crippen LogP contribution in [0.15, 0.2) is 30.3 Å². The van der Waals surface area contributed by atoms with Gasteiger partial charge in [-0.2, -0.15) is 0 Å². The van der Waals surface area contributed by atoms with Crippen LogP contribution in [0.2, 0.25) is 0 Å². The number of nitrogens with one attached hydrogen (secondary N) is 1. The van der Waals surface area contributed by atoms with Crippen molar-refractivity contribution in [3.63, 3.8) is 0 Å². The van der Waals surface area contributed by atoms with Crippen LogP contribution in [0.3, 0.4) is 0 Å². The largest absolute Gasteiger partial charge is 0.454 e. The Morgan fingerprint density at radius 2 is 1.74 bits per heavy atom. The predicted molar refractivity (Wildman–Crippen MR) is 115 cm³/mol. The van der Waals surface area contributed by atoms with Crippen molar-refractivity contribution in [3.8, 4) is 0 Å². The molecular weight excluding hydrogens is 420 g/mol. The minimum Gasteiger partial charge on any atom is -0.454 e. The highest BCUT2D eigenvalue weighted by atomic mass is 32.2. The molecule has 0 radical (unpaired) electrons. The van der Waals surface area contributed by atoms with Gasteiger partial charge in [-0.3, -0.25) is 9.59 Å². The molecule has 170 valence electrons. The first-order chi connectivity index (χ1) is 14.8. The van der Waals surface area contributed by atoms with E-state index < -0.39 is 34.4 Å². The normalized spacial score (nSPS) is 21.8. The van der Waals surface area contributed by atoms with Crippen LogP contribution in [0.4, 0.5) is 0 Å². The maximum absolute atomic E-state index is 13.0. The van der Waals surface area contributed by atoms with Crippen LogP contribution < -0.4 is 5.32 Å². The Morgan fingerprint density at radius 1 is 1.06 bits per heavy atom. The molecule has 1 aliphatic carbocycles. The summed E-state index contributed by atoms with van der Waals surface area (Å²) in [5.41, 5.74) is 0.421. The highest BCUT2D eigenvalue weighted by Crippen LogP contribution is 2.28. The zero-order valence-electron chi connectivity index (χ0n) is 17.8. The van der Waals surface area contributed by atoms with Crippen LogP contribution in [0.1, 0.15) is 55.8 Å². The summed E-state index contributed by atoms with van der Waals surface area (Å²) in [6, 6.07) is 7.19. The monoisotopic (exact) mass is 450 g/mol. The summed E-state index contributed by atoms with van der Waals surface area (Å²) in [4.78, 5) is 39.2. The lowest BCUT2D eigenvalue weighted by atomic mass is 9.93. The van der Waals surface area contributed by atoms with Crippen molar-refractivity contribution >= 4 is 27.6 Å². The number of esters is 1. The van der Waals surface area contributed by atoms with E-state index in [1.807, 2.05) is 0 Å². The number of hydrogen-bond donors (Lipinski definition) is 1. The SMILES string of the molecule is C[C@H](NC(=O)c1ccccc1)C(=O)OCC(=O)N(C1CCCCC1)C1CCS(=O)(=O)C1. The first-order valence-corrected chi connectivity index (χ1v) is 12.6. The van der Waals surface area contributed by atoms with Gasteiger partial charge in [-0.15, -0.1) is 0 Å². The van der Waals surface area contributed by atoms with E-state index in [1.165, 1.54) is 6.92 Å². The Morgan fingerprint density at radius 3 is 2.35 bits per heavy atom. The van der Waals surface area contributed by atoms with Crippen LogP contribution in [0, 0.1) is 0 Å². The molecule has 1 saturated carbocycles. The summed E-state index contributed by atoms with van der Waals surface area (Å²) in [5.74, 6) is -1.44. The van der Waals surface area contributed by atoms with Gasteiger partial charge in [-0.25, -0.2) is 13.2 Å². The predicted octanol–water partition coefficient (Wildman–Crippen LogP) is 1.70. The van der Waals surface area contributed by atoms with Crippen molar-refractivity contribution in [1.82, 2.24) is 10.2 Å². The van der Waals surface area contributed by atoms with Crippen molar-refractivity contribution < 1.29 is 27.5 Å². The Balaban J connectivity index is 1.58. The summed E-state index contributed by atoms with van der Waals surface area (Å²) < 4.78 is 29.1. The van der Waals surface area contributed by atoms with E-state index in [-0.39, 0.29) is 29.5 Å². The Labute approximate surface area is 183 Å². The van der Waals surface area contributed by atoms with Gasteiger partial charge in [0.05, 0.1) is 11.5 Å². The Bertz CT molecular complexity index is 896. The van der Waals surface area contributed by atoms with Crippen LogP contribution in [-0.2, 0) is 24.2 Å². The molecule has 1 unspecified atom stereocenters. The number of nitrogens with zero attached hydrogens (tertiary/aromatic N) is 1. The van der Waals surface area contributed by atoms with E-state index in [0.717, 1.165) is 32.1 Å². The fourth-order valence-electron chi connectivity index (χ4n) is 4.32. The number of ether oxygens (including phenoxy) is 1. The van der Waals surface area contributed by atoms with Gasteiger partial charge in [0.1, 0.15) is 6.04 Å². The number of carbonyl (C=O) groups excluding carboxylic acids is 3. The molecule has 0 spiro atoms. The molecule has 9 heteroatoms. The molecule has 1 aromatic rings. The number of rotatable bonds is 7. The lowest BCUT2D eigenvalue weighted by Crippen LogP contribution is -2.50. The summed E-state index contributed by atoms with van der Waals surface area (Å²) in [7, 11) is -3.15. The molecule has 2 fully saturated rings. The first-order valence-electron chi connectivity index (χ1n) is 10.8. The Hall–Kier alpha value is -2.42. The zero-order chi connectivity index (χ0) is 22.4. The third-order valence-corrected chi connectivity index (χ3v) is 7.68. The lowest BCUT2D eigenvalue weighted by Gasteiger charge is -2.38. The molecule has 0 aromatic heterocycles. The van der Waals surface area contributed by atoms with E-state index in [2.05, 4.69) is 5.32 Å². The van der Waals surface area contributed by atoms with E-state index in [1.54, 1.807) is 35.2 Å². The van der Waals surface area contributed by atoms with Gasteiger partial charge in [-0.05, 0) is 38.3 Å².